The van der Waals surface area contributed by atoms with Crippen molar-refractivity contribution < 1.29 is 19.1 Å². The summed E-state index contributed by atoms with van der Waals surface area (Å²) in [6, 6.07) is 16.6. The van der Waals surface area contributed by atoms with Crippen LogP contribution in [0.25, 0.3) is 0 Å². The van der Waals surface area contributed by atoms with Gasteiger partial charge in [0.25, 0.3) is 0 Å². The van der Waals surface area contributed by atoms with E-state index >= 15 is 0 Å². The third kappa shape index (κ3) is 5.25. The molecule has 1 N–H and O–H groups in total. The molecular formula is C22H28N2O4. The Balaban J connectivity index is 1.89. The number of hydrogen-bond donors (Lipinski definition) is 1. The fourth-order valence-electron chi connectivity index (χ4n) is 2.71. The van der Waals surface area contributed by atoms with E-state index in [1.165, 1.54) is 0 Å². The Labute approximate surface area is 166 Å². The van der Waals surface area contributed by atoms with Gasteiger partial charge in [-0.05, 0) is 57.2 Å². The smallest absolute Gasteiger partial charge is 0.242 e. The molecule has 0 radical (unpaired) electrons. The molecule has 0 saturated heterocycles. The molecule has 150 valence electrons. The second-order valence-corrected chi connectivity index (χ2v) is 6.79. The van der Waals surface area contributed by atoms with Crippen LogP contribution in [0.4, 0.5) is 5.69 Å². The van der Waals surface area contributed by atoms with Crippen LogP contribution in [-0.4, -0.2) is 38.6 Å². The third-order valence-corrected chi connectivity index (χ3v) is 4.45. The van der Waals surface area contributed by atoms with Crippen LogP contribution in [0.2, 0.25) is 0 Å². The number of carbonyl (C=O) groups is 2. The molecule has 0 aliphatic rings. The molecule has 0 aliphatic heterocycles. The van der Waals surface area contributed by atoms with Crippen molar-refractivity contribution in [2.75, 3.05) is 31.7 Å². The lowest BCUT2D eigenvalue weighted by Crippen LogP contribution is -2.50. The summed E-state index contributed by atoms with van der Waals surface area (Å²) in [5.74, 6) is 0.867. The van der Waals surface area contributed by atoms with Gasteiger partial charge < -0.3 is 19.7 Å². The maximum Gasteiger partial charge on any atom is 0.242 e. The van der Waals surface area contributed by atoms with E-state index < -0.39 is 5.41 Å². The van der Waals surface area contributed by atoms with Crippen LogP contribution in [0.1, 0.15) is 20.8 Å². The fourth-order valence-corrected chi connectivity index (χ4v) is 2.71. The van der Waals surface area contributed by atoms with E-state index in [0.29, 0.717) is 25.4 Å². The summed E-state index contributed by atoms with van der Waals surface area (Å²) in [7, 11) is 1.60. The molecule has 0 atom stereocenters. The molecule has 2 rings (SSSR count). The van der Waals surface area contributed by atoms with Crippen molar-refractivity contribution in [3.05, 3.63) is 54.6 Å². The highest BCUT2D eigenvalue weighted by Crippen LogP contribution is 2.24. The maximum absolute atomic E-state index is 13.0. The Morgan fingerprint density at radius 2 is 1.61 bits per heavy atom. The number of nitrogens with zero attached hydrogens (tertiary/aromatic N) is 1. The SMILES string of the molecule is CCN(C(=O)C(C)(C)C(=O)NCCOc1ccc(OC)cc1)c1ccccc1. The number of ether oxygens (including phenoxy) is 2. The quantitative estimate of drug-likeness (QED) is 0.532. The Hall–Kier alpha value is -3.02. The molecule has 0 spiro atoms. The second-order valence-electron chi connectivity index (χ2n) is 6.79. The van der Waals surface area contributed by atoms with Gasteiger partial charge in [0.2, 0.25) is 11.8 Å². The van der Waals surface area contributed by atoms with Crippen LogP contribution in [0.5, 0.6) is 11.5 Å². The minimum Gasteiger partial charge on any atom is -0.497 e. The molecule has 2 aromatic carbocycles. The Bertz CT molecular complexity index is 773. The fraction of sp³-hybridized carbons (Fsp3) is 0.364. The third-order valence-electron chi connectivity index (χ3n) is 4.45. The van der Waals surface area contributed by atoms with Crippen molar-refractivity contribution in [3.63, 3.8) is 0 Å². The molecule has 0 saturated carbocycles. The molecule has 28 heavy (non-hydrogen) atoms. The normalized spacial score (nSPS) is 10.9. The van der Waals surface area contributed by atoms with E-state index in [-0.39, 0.29) is 11.8 Å². The van der Waals surface area contributed by atoms with Gasteiger partial charge in [0.1, 0.15) is 23.5 Å². The van der Waals surface area contributed by atoms with E-state index in [0.717, 1.165) is 11.4 Å². The van der Waals surface area contributed by atoms with Crippen molar-refractivity contribution >= 4 is 17.5 Å². The first-order chi connectivity index (χ1) is 13.4. The highest BCUT2D eigenvalue weighted by molar-refractivity contribution is 6.11. The van der Waals surface area contributed by atoms with E-state index in [1.807, 2.05) is 37.3 Å². The van der Waals surface area contributed by atoms with Crippen molar-refractivity contribution in [1.82, 2.24) is 5.32 Å². The van der Waals surface area contributed by atoms with Gasteiger partial charge in [0.05, 0.1) is 13.7 Å². The highest BCUT2D eigenvalue weighted by Gasteiger charge is 2.39. The molecule has 0 aromatic heterocycles. The van der Waals surface area contributed by atoms with Gasteiger partial charge in [-0.1, -0.05) is 18.2 Å². The van der Waals surface area contributed by atoms with E-state index in [2.05, 4.69) is 5.32 Å². The predicted octanol–water partition coefficient (Wildman–Crippen LogP) is 3.27. The summed E-state index contributed by atoms with van der Waals surface area (Å²) in [5, 5.41) is 2.79. The average Bonchev–Trinajstić information content (AvgIpc) is 2.72. The Morgan fingerprint density at radius 1 is 1.00 bits per heavy atom. The lowest BCUT2D eigenvalue weighted by Gasteiger charge is -2.30. The maximum atomic E-state index is 13.0. The van der Waals surface area contributed by atoms with Gasteiger partial charge in [0, 0.05) is 12.2 Å². The minimum absolute atomic E-state index is 0.241. The van der Waals surface area contributed by atoms with Gasteiger partial charge in [-0.25, -0.2) is 0 Å². The number of nitrogens with one attached hydrogen (secondary N) is 1. The van der Waals surface area contributed by atoms with Crippen LogP contribution < -0.4 is 19.7 Å². The first-order valence-corrected chi connectivity index (χ1v) is 9.32. The summed E-state index contributed by atoms with van der Waals surface area (Å²) in [6.07, 6.45) is 0. The number of anilines is 1. The zero-order valence-electron chi connectivity index (χ0n) is 16.9. The largest absolute Gasteiger partial charge is 0.497 e. The molecule has 0 bridgehead atoms. The van der Waals surface area contributed by atoms with Crippen molar-refractivity contribution in [2.24, 2.45) is 5.41 Å². The molecule has 0 aliphatic carbocycles. The van der Waals surface area contributed by atoms with Crippen LogP contribution in [-0.2, 0) is 9.59 Å². The predicted molar refractivity (Wildman–Crippen MR) is 110 cm³/mol. The first kappa shape index (κ1) is 21.3. The van der Waals surface area contributed by atoms with Gasteiger partial charge in [0.15, 0.2) is 0 Å². The molecule has 2 amide bonds. The summed E-state index contributed by atoms with van der Waals surface area (Å²) < 4.78 is 10.7. The van der Waals surface area contributed by atoms with E-state index in [4.69, 9.17) is 9.47 Å². The number of benzene rings is 2. The Kier molecular flexibility index (Phi) is 7.44. The molecule has 2 aromatic rings. The lowest BCUT2D eigenvalue weighted by atomic mass is 9.90. The molecular weight excluding hydrogens is 356 g/mol. The number of carbonyl (C=O) groups excluding carboxylic acids is 2. The highest BCUT2D eigenvalue weighted by atomic mass is 16.5. The summed E-state index contributed by atoms with van der Waals surface area (Å²) in [4.78, 5) is 27.2. The number of para-hydroxylation sites is 1. The molecule has 0 fully saturated rings. The van der Waals surface area contributed by atoms with Gasteiger partial charge in [-0.2, -0.15) is 0 Å². The summed E-state index contributed by atoms with van der Waals surface area (Å²) >= 11 is 0. The zero-order chi connectivity index (χ0) is 20.6. The molecule has 0 heterocycles. The van der Waals surface area contributed by atoms with Gasteiger partial charge >= 0.3 is 0 Å². The van der Waals surface area contributed by atoms with Crippen molar-refractivity contribution in [2.45, 2.75) is 20.8 Å². The first-order valence-electron chi connectivity index (χ1n) is 9.32. The van der Waals surface area contributed by atoms with Crippen LogP contribution in [0.15, 0.2) is 54.6 Å². The monoisotopic (exact) mass is 384 g/mol. The number of amides is 2. The van der Waals surface area contributed by atoms with Crippen LogP contribution in [0.3, 0.4) is 0 Å². The Morgan fingerprint density at radius 3 is 2.18 bits per heavy atom. The lowest BCUT2D eigenvalue weighted by molar-refractivity contribution is -0.139. The standard InChI is InChI=1S/C22H28N2O4/c1-5-24(17-9-7-6-8-10-17)21(26)22(2,3)20(25)23-15-16-28-19-13-11-18(27-4)12-14-19/h6-14H,5,15-16H2,1-4H3,(H,23,25). The summed E-state index contributed by atoms with van der Waals surface area (Å²) in [5.41, 5.74) is -0.412. The summed E-state index contributed by atoms with van der Waals surface area (Å²) in [6.45, 7) is 6.26. The minimum atomic E-state index is -1.19. The number of hydrogen-bond acceptors (Lipinski definition) is 4. The van der Waals surface area contributed by atoms with Crippen LogP contribution in [0, 0.1) is 5.41 Å². The van der Waals surface area contributed by atoms with E-state index in [1.54, 1.807) is 50.1 Å². The average molecular weight is 384 g/mol. The second kappa shape index (κ2) is 9.78. The number of methoxy groups -OCH3 is 1. The molecule has 6 nitrogen and oxygen atoms in total. The van der Waals surface area contributed by atoms with Crippen LogP contribution >= 0.6 is 0 Å². The van der Waals surface area contributed by atoms with E-state index in [9.17, 15) is 9.59 Å². The van der Waals surface area contributed by atoms with Crippen molar-refractivity contribution in [1.29, 1.82) is 0 Å². The number of rotatable bonds is 9. The van der Waals surface area contributed by atoms with Crippen molar-refractivity contribution in [3.8, 4) is 11.5 Å². The zero-order valence-corrected chi connectivity index (χ0v) is 16.9. The van der Waals surface area contributed by atoms with Gasteiger partial charge in [-0.3, -0.25) is 9.59 Å². The van der Waals surface area contributed by atoms with Gasteiger partial charge in [-0.15, -0.1) is 0 Å². The topological polar surface area (TPSA) is 67.9 Å². The molecule has 6 heteroatoms. The molecule has 0 unspecified atom stereocenters.